The first-order valence-corrected chi connectivity index (χ1v) is 11.3. The maximum absolute atomic E-state index is 11.7. The highest BCUT2D eigenvalue weighted by molar-refractivity contribution is 5.99. The molecule has 0 saturated heterocycles. The quantitative estimate of drug-likeness (QED) is 0.319. The highest BCUT2D eigenvalue weighted by atomic mass is 16.5. The van der Waals surface area contributed by atoms with E-state index in [-0.39, 0.29) is 11.9 Å². The van der Waals surface area contributed by atoms with Crippen molar-refractivity contribution in [3.63, 3.8) is 0 Å². The lowest BCUT2D eigenvalue weighted by Gasteiger charge is -2.10. The van der Waals surface area contributed by atoms with Gasteiger partial charge in [-0.2, -0.15) is 0 Å². The van der Waals surface area contributed by atoms with Crippen LogP contribution in [0.25, 0.3) is 28.2 Å². The fraction of sp³-hybridized carbons (Fsp3) is 0.0741. The van der Waals surface area contributed by atoms with Crippen molar-refractivity contribution in [1.82, 2.24) is 24.3 Å². The number of fused-ring (bicyclic) bond motifs is 1. The van der Waals surface area contributed by atoms with Crippen LogP contribution >= 0.6 is 0 Å². The molecule has 36 heavy (non-hydrogen) atoms. The number of benzene rings is 2. The summed E-state index contributed by atoms with van der Waals surface area (Å²) < 4.78 is 7.62. The summed E-state index contributed by atoms with van der Waals surface area (Å²) in [5.74, 6) is 0.664. The van der Waals surface area contributed by atoms with Gasteiger partial charge in [-0.3, -0.25) is 9.20 Å². The van der Waals surface area contributed by atoms with E-state index in [9.17, 15) is 4.79 Å². The van der Waals surface area contributed by atoms with Crippen molar-refractivity contribution in [2.24, 2.45) is 0 Å². The molecule has 2 aromatic carbocycles. The van der Waals surface area contributed by atoms with E-state index in [4.69, 9.17) is 15.5 Å². The lowest BCUT2D eigenvalue weighted by molar-refractivity contribution is -0.111. The van der Waals surface area contributed by atoms with Gasteiger partial charge < -0.3 is 15.8 Å². The third-order valence-electron chi connectivity index (χ3n) is 5.62. The molecular weight excluding hydrogens is 454 g/mol. The number of imidazole rings is 1. The molecule has 0 aliphatic heterocycles. The topological polar surface area (TPSA) is 120 Å². The molecule has 0 unspecified atom stereocenters. The molecule has 9 heteroatoms. The molecule has 178 valence electrons. The van der Waals surface area contributed by atoms with Gasteiger partial charge in [0.05, 0.1) is 11.4 Å². The number of nitrogens with one attached hydrogen (secondary N) is 1. The van der Waals surface area contributed by atoms with Crippen molar-refractivity contribution in [3.8, 4) is 34.3 Å². The van der Waals surface area contributed by atoms with Gasteiger partial charge >= 0.3 is 6.01 Å². The Morgan fingerprint density at radius 2 is 1.75 bits per heavy atom. The van der Waals surface area contributed by atoms with Crippen molar-refractivity contribution in [3.05, 3.63) is 91.4 Å². The zero-order valence-electron chi connectivity index (χ0n) is 19.5. The normalized spacial score (nSPS) is 10.8. The first-order valence-electron chi connectivity index (χ1n) is 11.3. The number of amides is 1. The molecule has 0 saturated carbocycles. The largest absolute Gasteiger partial charge is 0.424 e. The molecular formula is C27H23N7O2. The molecule has 3 heterocycles. The Balaban J connectivity index is 1.61. The van der Waals surface area contributed by atoms with Crippen molar-refractivity contribution in [2.75, 3.05) is 11.1 Å². The zero-order chi connectivity index (χ0) is 25.1. The minimum atomic E-state index is -0.272. The summed E-state index contributed by atoms with van der Waals surface area (Å²) in [6.07, 6.45) is 6.99. The third-order valence-corrected chi connectivity index (χ3v) is 5.62. The summed E-state index contributed by atoms with van der Waals surface area (Å²) >= 11 is 0. The Morgan fingerprint density at radius 3 is 2.42 bits per heavy atom. The fourth-order valence-electron chi connectivity index (χ4n) is 3.86. The van der Waals surface area contributed by atoms with Crippen LogP contribution in [0.5, 0.6) is 11.8 Å². The number of ether oxygens (including phenoxy) is 1. The Morgan fingerprint density at radius 1 is 1.06 bits per heavy atom. The minimum absolute atomic E-state index is 0.269. The summed E-state index contributed by atoms with van der Waals surface area (Å²) in [5.41, 5.74) is 12.0. The molecule has 3 aromatic heterocycles. The van der Waals surface area contributed by atoms with Crippen LogP contribution in [0.1, 0.15) is 12.5 Å². The molecule has 0 bridgehead atoms. The van der Waals surface area contributed by atoms with Crippen LogP contribution < -0.4 is 15.8 Å². The van der Waals surface area contributed by atoms with Crippen LogP contribution in [0.3, 0.4) is 0 Å². The van der Waals surface area contributed by atoms with Crippen molar-refractivity contribution < 1.29 is 9.53 Å². The second-order valence-corrected chi connectivity index (χ2v) is 7.89. The Labute approximate surface area is 207 Å². The van der Waals surface area contributed by atoms with E-state index in [1.807, 2.05) is 52.9 Å². The first kappa shape index (κ1) is 22.7. The van der Waals surface area contributed by atoms with Gasteiger partial charge in [0.1, 0.15) is 11.4 Å². The molecule has 0 aliphatic carbocycles. The summed E-state index contributed by atoms with van der Waals surface area (Å²) in [7, 11) is 0. The van der Waals surface area contributed by atoms with Crippen molar-refractivity contribution >= 4 is 23.2 Å². The number of carbonyl (C=O) groups excluding carboxylic acids is 1. The van der Waals surface area contributed by atoms with Crippen molar-refractivity contribution in [2.45, 2.75) is 13.3 Å². The van der Waals surface area contributed by atoms with Gasteiger partial charge in [0.15, 0.2) is 0 Å². The number of aromatic nitrogens is 5. The van der Waals surface area contributed by atoms with E-state index >= 15 is 0 Å². The van der Waals surface area contributed by atoms with Crippen LogP contribution in [0.4, 0.5) is 11.6 Å². The maximum Gasteiger partial charge on any atom is 0.321 e. The van der Waals surface area contributed by atoms with E-state index in [1.165, 1.54) is 6.08 Å². The molecule has 1 amide bonds. The van der Waals surface area contributed by atoms with Gasteiger partial charge in [-0.1, -0.05) is 25.6 Å². The van der Waals surface area contributed by atoms with Gasteiger partial charge in [0.2, 0.25) is 11.9 Å². The summed E-state index contributed by atoms with van der Waals surface area (Å²) in [5, 5.41) is 2.76. The minimum Gasteiger partial charge on any atom is -0.424 e. The molecule has 3 N–H and O–H groups in total. The van der Waals surface area contributed by atoms with Gasteiger partial charge in [0.25, 0.3) is 0 Å². The lowest BCUT2D eigenvalue weighted by Crippen LogP contribution is -2.06. The van der Waals surface area contributed by atoms with Crippen LogP contribution in [0.2, 0.25) is 0 Å². The van der Waals surface area contributed by atoms with Gasteiger partial charge in [-0.25, -0.2) is 19.9 Å². The number of nitrogens with zero attached hydrogens (tertiary/aromatic N) is 5. The number of hydrogen-bond acceptors (Lipinski definition) is 7. The molecule has 0 radical (unpaired) electrons. The van der Waals surface area contributed by atoms with Gasteiger partial charge in [0, 0.05) is 41.0 Å². The standard InChI is InChI=1S/C27H23N7O2/c1-3-17-16-31-26(28)34-24(19-8-12-21(13-9-19)36-27-29-14-5-15-30-27)23(33-25(17)34)18-6-10-20(11-7-18)32-22(35)4-2/h4-16H,2-3H2,1H3,(H2,28,31)(H,32,35). The zero-order valence-corrected chi connectivity index (χ0v) is 19.5. The van der Waals surface area contributed by atoms with E-state index in [1.54, 1.807) is 24.7 Å². The molecule has 0 spiro atoms. The second-order valence-electron chi connectivity index (χ2n) is 7.89. The maximum atomic E-state index is 11.7. The highest BCUT2D eigenvalue weighted by Crippen LogP contribution is 2.36. The van der Waals surface area contributed by atoms with Gasteiger partial charge in [-0.05, 0) is 55.0 Å². The van der Waals surface area contributed by atoms with Gasteiger partial charge in [-0.15, -0.1) is 0 Å². The van der Waals surface area contributed by atoms with Crippen LogP contribution in [0.15, 0.2) is 85.8 Å². The Hall–Kier alpha value is -5.05. The highest BCUT2D eigenvalue weighted by Gasteiger charge is 2.20. The fourth-order valence-corrected chi connectivity index (χ4v) is 3.86. The summed E-state index contributed by atoms with van der Waals surface area (Å²) in [6.45, 7) is 5.54. The molecule has 0 fully saturated rings. The predicted molar refractivity (Wildman–Crippen MR) is 139 cm³/mol. The Kier molecular flexibility index (Phi) is 6.10. The van der Waals surface area contributed by atoms with Crippen LogP contribution in [0, 0.1) is 0 Å². The average molecular weight is 478 g/mol. The molecule has 0 aliphatic rings. The second kappa shape index (κ2) is 9.67. The Bertz CT molecular complexity index is 1540. The number of nitrogens with two attached hydrogens (primary N) is 1. The SMILES string of the molecule is C=CC(=O)Nc1ccc(-c2nc3c(CC)cnc(N)n3c2-c2ccc(Oc3ncccn3)cc2)cc1. The molecule has 5 aromatic rings. The average Bonchev–Trinajstić information content (AvgIpc) is 3.32. The summed E-state index contributed by atoms with van der Waals surface area (Å²) in [4.78, 5) is 29.2. The third kappa shape index (κ3) is 4.37. The number of nitrogen functional groups attached to an aromatic ring is 1. The number of carbonyl (C=O) groups is 1. The molecule has 5 rings (SSSR count). The summed E-state index contributed by atoms with van der Waals surface area (Å²) in [6, 6.07) is 17.0. The van der Waals surface area contributed by atoms with Crippen molar-refractivity contribution in [1.29, 1.82) is 0 Å². The van der Waals surface area contributed by atoms with Crippen LogP contribution in [-0.2, 0) is 11.2 Å². The lowest BCUT2D eigenvalue weighted by atomic mass is 10.0. The monoisotopic (exact) mass is 477 g/mol. The van der Waals surface area contributed by atoms with E-state index in [0.29, 0.717) is 17.4 Å². The predicted octanol–water partition coefficient (Wildman–Crippen LogP) is 4.91. The van der Waals surface area contributed by atoms with E-state index in [0.717, 1.165) is 40.1 Å². The van der Waals surface area contributed by atoms with E-state index < -0.39 is 0 Å². The van der Waals surface area contributed by atoms with Crippen LogP contribution in [-0.4, -0.2) is 30.2 Å². The number of hydrogen-bond donors (Lipinski definition) is 2. The van der Waals surface area contributed by atoms with E-state index in [2.05, 4.69) is 33.8 Å². The first-order chi connectivity index (χ1) is 17.6. The molecule has 9 nitrogen and oxygen atoms in total. The number of rotatable bonds is 7. The number of anilines is 2. The molecule has 0 atom stereocenters. The number of aryl methyl sites for hydroxylation is 1. The smallest absolute Gasteiger partial charge is 0.321 e.